The highest BCUT2D eigenvalue weighted by molar-refractivity contribution is 5.89. The molecule has 1 rings (SSSR count). The van der Waals surface area contributed by atoms with Gasteiger partial charge in [-0.05, 0) is 50.5 Å². The summed E-state index contributed by atoms with van der Waals surface area (Å²) in [4.78, 5) is 22.1. The highest BCUT2D eigenvalue weighted by Gasteiger charge is 2.01. The number of rotatable bonds is 7. The zero-order chi connectivity index (χ0) is 15.7. The van der Waals surface area contributed by atoms with E-state index in [1.54, 1.807) is 25.1 Å². The zero-order valence-electron chi connectivity index (χ0n) is 11.9. The molecule has 0 aliphatic heterocycles. The standard InChI is InChI=1S/C15H20N2O4/c1-11(14(19)20)5-3-2-4-10-16-15(21)17-12-6-8-13(18)9-7-12/h5-9,18H,2-4,10H2,1H3,(H,19,20)(H2,16,17,21)/b11-5+. The van der Waals surface area contributed by atoms with Crippen LogP contribution < -0.4 is 10.6 Å². The number of hydrogen-bond acceptors (Lipinski definition) is 3. The molecule has 1 aromatic carbocycles. The zero-order valence-corrected chi connectivity index (χ0v) is 11.9. The maximum atomic E-state index is 11.6. The molecule has 0 heterocycles. The van der Waals surface area contributed by atoms with Crippen molar-refractivity contribution in [3.8, 4) is 5.75 Å². The monoisotopic (exact) mass is 292 g/mol. The number of urea groups is 1. The van der Waals surface area contributed by atoms with Crippen molar-refractivity contribution in [2.45, 2.75) is 26.2 Å². The number of anilines is 1. The van der Waals surface area contributed by atoms with Crippen LogP contribution in [0.15, 0.2) is 35.9 Å². The molecular weight excluding hydrogens is 272 g/mol. The lowest BCUT2D eigenvalue weighted by Gasteiger charge is -2.07. The van der Waals surface area contributed by atoms with Gasteiger partial charge in [0.25, 0.3) is 0 Å². The number of phenolic OH excluding ortho intramolecular Hbond substituents is 1. The SMILES string of the molecule is C/C(=C\CCCCNC(=O)Nc1ccc(O)cc1)C(=O)O. The first-order valence-electron chi connectivity index (χ1n) is 6.73. The van der Waals surface area contributed by atoms with Crippen molar-refractivity contribution in [2.75, 3.05) is 11.9 Å². The summed E-state index contributed by atoms with van der Waals surface area (Å²) in [6.07, 6.45) is 3.94. The Morgan fingerprint density at radius 2 is 1.86 bits per heavy atom. The number of carbonyl (C=O) groups excluding carboxylic acids is 1. The lowest BCUT2D eigenvalue weighted by molar-refractivity contribution is -0.132. The number of aromatic hydroxyl groups is 1. The molecule has 0 bridgehead atoms. The Labute approximate surface area is 123 Å². The number of aliphatic carboxylic acids is 1. The average molecular weight is 292 g/mol. The molecule has 0 aromatic heterocycles. The Hall–Kier alpha value is -2.50. The molecule has 21 heavy (non-hydrogen) atoms. The Balaban J connectivity index is 2.15. The summed E-state index contributed by atoms with van der Waals surface area (Å²) >= 11 is 0. The molecule has 6 heteroatoms. The molecule has 4 N–H and O–H groups in total. The molecule has 0 fully saturated rings. The number of carboxylic acid groups (broad SMARTS) is 1. The molecule has 0 atom stereocenters. The van der Waals surface area contributed by atoms with E-state index in [9.17, 15) is 9.59 Å². The third-order valence-electron chi connectivity index (χ3n) is 2.83. The van der Waals surface area contributed by atoms with Gasteiger partial charge in [0.1, 0.15) is 5.75 Å². The highest BCUT2D eigenvalue weighted by atomic mass is 16.4. The van der Waals surface area contributed by atoms with Crippen molar-refractivity contribution in [3.05, 3.63) is 35.9 Å². The van der Waals surface area contributed by atoms with Crippen molar-refractivity contribution in [3.63, 3.8) is 0 Å². The second-order valence-electron chi connectivity index (χ2n) is 4.62. The van der Waals surface area contributed by atoms with E-state index in [1.807, 2.05) is 0 Å². The average Bonchev–Trinajstić information content (AvgIpc) is 2.44. The van der Waals surface area contributed by atoms with Crippen molar-refractivity contribution in [1.29, 1.82) is 0 Å². The minimum Gasteiger partial charge on any atom is -0.508 e. The third-order valence-corrected chi connectivity index (χ3v) is 2.83. The third kappa shape index (κ3) is 7.00. The molecule has 0 aliphatic rings. The van der Waals surface area contributed by atoms with Gasteiger partial charge in [-0.15, -0.1) is 0 Å². The molecule has 2 amide bonds. The molecule has 0 radical (unpaired) electrons. The van der Waals surface area contributed by atoms with Gasteiger partial charge in [-0.25, -0.2) is 9.59 Å². The Kier molecular flexibility index (Phi) is 6.80. The lowest BCUT2D eigenvalue weighted by Crippen LogP contribution is -2.29. The van der Waals surface area contributed by atoms with Gasteiger partial charge >= 0.3 is 12.0 Å². The summed E-state index contributed by atoms with van der Waals surface area (Å²) in [5.74, 6) is -0.757. The number of hydrogen-bond donors (Lipinski definition) is 4. The van der Waals surface area contributed by atoms with Crippen LogP contribution in [0.3, 0.4) is 0 Å². The van der Waals surface area contributed by atoms with Gasteiger partial charge in [-0.2, -0.15) is 0 Å². The molecule has 0 unspecified atom stereocenters. The quantitative estimate of drug-likeness (QED) is 0.353. The number of unbranched alkanes of at least 4 members (excludes halogenated alkanes) is 2. The normalized spacial score (nSPS) is 11.0. The number of carbonyl (C=O) groups is 2. The Morgan fingerprint density at radius 1 is 1.19 bits per heavy atom. The molecule has 0 spiro atoms. The first-order valence-corrected chi connectivity index (χ1v) is 6.73. The van der Waals surface area contributed by atoms with E-state index in [0.717, 1.165) is 12.8 Å². The van der Waals surface area contributed by atoms with Gasteiger partial charge in [0.05, 0.1) is 0 Å². The fraction of sp³-hybridized carbons (Fsp3) is 0.333. The van der Waals surface area contributed by atoms with Crippen LogP contribution >= 0.6 is 0 Å². The molecule has 1 aromatic rings. The van der Waals surface area contributed by atoms with E-state index in [1.165, 1.54) is 12.1 Å². The molecule has 114 valence electrons. The Bertz CT molecular complexity index is 509. The van der Waals surface area contributed by atoms with Gasteiger partial charge in [0, 0.05) is 17.8 Å². The number of allylic oxidation sites excluding steroid dienone is 1. The summed E-state index contributed by atoms with van der Waals surface area (Å²) in [6.45, 7) is 2.08. The van der Waals surface area contributed by atoms with Crippen LogP contribution in [0.4, 0.5) is 10.5 Å². The van der Waals surface area contributed by atoms with Crippen molar-refractivity contribution >= 4 is 17.7 Å². The van der Waals surface area contributed by atoms with Gasteiger partial charge in [0.15, 0.2) is 0 Å². The fourth-order valence-electron chi connectivity index (χ4n) is 1.60. The number of amides is 2. The summed E-state index contributed by atoms with van der Waals surface area (Å²) < 4.78 is 0. The second-order valence-corrected chi connectivity index (χ2v) is 4.62. The highest BCUT2D eigenvalue weighted by Crippen LogP contribution is 2.13. The van der Waals surface area contributed by atoms with Crippen LogP contribution in [-0.2, 0) is 4.79 Å². The van der Waals surface area contributed by atoms with Crippen molar-refractivity contribution in [2.24, 2.45) is 0 Å². The Morgan fingerprint density at radius 3 is 2.48 bits per heavy atom. The van der Waals surface area contributed by atoms with E-state index < -0.39 is 5.97 Å². The van der Waals surface area contributed by atoms with Gasteiger partial charge in [0.2, 0.25) is 0 Å². The number of phenols is 1. The van der Waals surface area contributed by atoms with Crippen LogP contribution in [-0.4, -0.2) is 28.8 Å². The van der Waals surface area contributed by atoms with Crippen molar-refractivity contribution < 1.29 is 19.8 Å². The van der Waals surface area contributed by atoms with Crippen LogP contribution in [0.2, 0.25) is 0 Å². The van der Waals surface area contributed by atoms with Crippen LogP contribution in [0.1, 0.15) is 26.2 Å². The topological polar surface area (TPSA) is 98.7 Å². The maximum Gasteiger partial charge on any atom is 0.330 e. The van der Waals surface area contributed by atoms with Gasteiger partial charge < -0.3 is 20.8 Å². The fourth-order valence-corrected chi connectivity index (χ4v) is 1.60. The number of benzene rings is 1. The minimum absolute atomic E-state index is 0.144. The largest absolute Gasteiger partial charge is 0.508 e. The molecule has 0 saturated carbocycles. The van der Waals surface area contributed by atoms with E-state index in [0.29, 0.717) is 24.2 Å². The van der Waals surface area contributed by atoms with E-state index in [2.05, 4.69) is 10.6 Å². The predicted octanol–water partition coefficient (Wildman–Crippen LogP) is 2.71. The molecular formula is C15H20N2O4. The van der Waals surface area contributed by atoms with Gasteiger partial charge in [-0.3, -0.25) is 0 Å². The van der Waals surface area contributed by atoms with Crippen LogP contribution in [0, 0.1) is 0 Å². The summed E-state index contributed by atoms with van der Waals surface area (Å²) in [7, 11) is 0. The molecule has 0 aliphatic carbocycles. The van der Waals surface area contributed by atoms with Gasteiger partial charge in [-0.1, -0.05) is 6.08 Å². The first-order chi connectivity index (χ1) is 9.99. The van der Waals surface area contributed by atoms with Crippen LogP contribution in [0.25, 0.3) is 0 Å². The molecule has 6 nitrogen and oxygen atoms in total. The number of carboxylic acids is 1. The summed E-state index contributed by atoms with van der Waals surface area (Å²) in [5, 5.41) is 23.1. The van der Waals surface area contributed by atoms with E-state index in [-0.39, 0.29) is 11.8 Å². The predicted molar refractivity (Wildman–Crippen MR) is 80.4 cm³/mol. The minimum atomic E-state index is -0.901. The van der Waals surface area contributed by atoms with Crippen LogP contribution in [0.5, 0.6) is 5.75 Å². The smallest absolute Gasteiger partial charge is 0.330 e. The summed E-state index contributed by atoms with van der Waals surface area (Å²) in [5.41, 5.74) is 0.943. The van der Waals surface area contributed by atoms with E-state index >= 15 is 0 Å². The second kappa shape index (κ2) is 8.63. The van der Waals surface area contributed by atoms with E-state index in [4.69, 9.17) is 10.2 Å². The maximum absolute atomic E-state index is 11.6. The van der Waals surface area contributed by atoms with Crippen molar-refractivity contribution in [1.82, 2.24) is 5.32 Å². The number of nitrogens with one attached hydrogen (secondary N) is 2. The molecule has 0 saturated heterocycles. The first kappa shape index (κ1) is 16.6. The lowest BCUT2D eigenvalue weighted by atomic mass is 10.2. The summed E-state index contributed by atoms with van der Waals surface area (Å²) in [6, 6.07) is 5.89.